The van der Waals surface area contributed by atoms with Crippen LogP contribution in [-0.2, 0) is 4.79 Å². The van der Waals surface area contributed by atoms with Crippen molar-refractivity contribution in [1.82, 2.24) is 9.88 Å². The molecule has 2 fully saturated rings. The highest BCUT2D eigenvalue weighted by Crippen LogP contribution is 2.42. The molecular formula is C15H17ClN2O3. The molecule has 0 radical (unpaired) electrons. The number of pyridine rings is 1. The van der Waals surface area contributed by atoms with E-state index in [1.54, 1.807) is 13.0 Å². The maximum Gasteiger partial charge on any atom is 0.326 e. The summed E-state index contributed by atoms with van der Waals surface area (Å²) in [7, 11) is 0. The van der Waals surface area contributed by atoms with Gasteiger partial charge in [0, 0.05) is 17.8 Å². The van der Waals surface area contributed by atoms with Crippen molar-refractivity contribution >= 4 is 23.5 Å². The van der Waals surface area contributed by atoms with Crippen LogP contribution in [0.15, 0.2) is 12.1 Å². The van der Waals surface area contributed by atoms with E-state index in [-0.39, 0.29) is 17.0 Å². The third-order valence-electron chi connectivity index (χ3n) is 4.57. The second-order valence-corrected chi connectivity index (χ2v) is 6.30. The Kier molecular flexibility index (Phi) is 3.61. The molecule has 3 unspecified atom stereocenters. The highest BCUT2D eigenvalue weighted by molar-refractivity contribution is 6.29. The number of hydrogen-bond acceptors (Lipinski definition) is 3. The monoisotopic (exact) mass is 308 g/mol. The van der Waals surface area contributed by atoms with Gasteiger partial charge in [0.05, 0.1) is 0 Å². The number of carboxylic acid groups (broad SMARTS) is 1. The van der Waals surface area contributed by atoms with Crippen molar-refractivity contribution in [3.05, 3.63) is 28.5 Å². The lowest BCUT2D eigenvalue weighted by Gasteiger charge is -2.24. The predicted octanol–water partition coefficient (Wildman–Crippen LogP) is 2.37. The summed E-state index contributed by atoms with van der Waals surface area (Å²) in [4.78, 5) is 29.8. The molecule has 3 atom stereocenters. The minimum Gasteiger partial charge on any atom is -0.480 e. The molecule has 0 bridgehead atoms. The van der Waals surface area contributed by atoms with Crippen LogP contribution in [0.1, 0.15) is 35.3 Å². The lowest BCUT2D eigenvalue weighted by molar-refractivity contribution is -0.142. The third kappa shape index (κ3) is 2.50. The van der Waals surface area contributed by atoms with Gasteiger partial charge in [-0.2, -0.15) is 0 Å². The summed E-state index contributed by atoms with van der Waals surface area (Å²) in [6, 6.07) is 2.45. The number of carboxylic acids is 1. The molecule has 1 amide bonds. The Morgan fingerprint density at radius 1 is 1.38 bits per heavy atom. The minimum absolute atomic E-state index is 0.0878. The van der Waals surface area contributed by atoms with Crippen LogP contribution in [0.25, 0.3) is 0 Å². The van der Waals surface area contributed by atoms with E-state index in [1.165, 1.54) is 11.0 Å². The van der Waals surface area contributed by atoms with Crippen molar-refractivity contribution in [3.63, 3.8) is 0 Å². The number of aromatic nitrogens is 1. The summed E-state index contributed by atoms with van der Waals surface area (Å²) >= 11 is 5.90. The Balaban J connectivity index is 1.91. The van der Waals surface area contributed by atoms with Crippen LogP contribution >= 0.6 is 11.6 Å². The van der Waals surface area contributed by atoms with E-state index in [9.17, 15) is 14.7 Å². The molecule has 1 N–H and O–H groups in total. The quantitative estimate of drug-likeness (QED) is 0.852. The molecule has 112 valence electrons. The average Bonchev–Trinajstić information content (AvgIpc) is 2.95. The number of halogens is 1. The smallest absolute Gasteiger partial charge is 0.326 e. The zero-order valence-electron chi connectivity index (χ0n) is 11.8. The van der Waals surface area contributed by atoms with E-state index in [1.807, 2.05) is 0 Å². The second-order valence-electron chi connectivity index (χ2n) is 5.92. The van der Waals surface area contributed by atoms with Gasteiger partial charge >= 0.3 is 5.97 Å². The number of rotatable bonds is 2. The number of carbonyl (C=O) groups is 2. The maximum absolute atomic E-state index is 12.7. The fourth-order valence-corrected chi connectivity index (χ4v) is 4.00. The van der Waals surface area contributed by atoms with Gasteiger partial charge in [0.2, 0.25) is 0 Å². The highest BCUT2D eigenvalue weighted by Gasteiger charge is 2.49. The summed E-state index contributed by atoms with van der Waals surface area (Å²) in [6.07, 6.45) is 2.96. The van der Waals surface area contributed by atoms with Crippen LogP contribution in [0.3, 0.4) is 0 Å². The van der Waals surface area contributed by atoms with Gasteiger partial charge in [-0.15, -0.1) is 0 Å². The van der Waals surface area contributed by atoms with E-state index in [4.69, 9.17) is 11.6 Å². The molecule has 21 heavy (non-hydrogen) atoms. The van der Waals surface area contributed by atoms with Gasteiger partial charge in [0.15, 0.2) is 0 Å². The Bertz CT molecular complexity index is 584. The number of likely N-dealkylation sites (tertiary alicyclic amines) is 1. The van der Waals surface area contributed by atoms with Crippen LogP contribution in [0.2, 0.25) is 5.15 Å². The molecule has 2 heterocycles. The van der Waals surface area contributed by atoms with Gasteiger partial charge in [-0.3, -0.25) is 4.79 Å². The summed E-state index contributed by atoms with van der Waals surface area (Å²) in [5, 5.41) is 9.76. The largest absolute Gasteiger partial charge is 0.480 e. The molecule has 0 spiro atoms. The van der Waals surface area contributed by atoms with Gasteiger partial charge in [0.1, 0.15) is 11.2 Å². The van der Waals surface area contributed by atoms with Gasteiger partial charge < -0.3 is 10.0 Å². The van der Waals surface area contributed by atoms with Crippen molar-refractivity contribution < 1.29 is 14.7 Å². The first kappa shape index (κ1) is 14.3. The topological polar surface area (TPSA) is 70.5 Å². The number of aliphatic carboxylic acids is 1. The number of nitrogens with zero attached hydrogens (tertiary/aromatic N) is 2. The van der Waals surface area contributed by atoms with E-state index in [2.05, 4.69) is 4.98 Å². The van der Waals surface area contributed by atoms with Gasteiger partial charge in [-0.25, -0.2) is 9.78 Å². The minimum atomic E-state index is -0.908. The van der Waals surface area contributed by atoms with E-state index < -0.39 is 12.0 Å². The maximum atomic E-state index is 12.7. The Labute approximate surface area is 127 Å². The molecule has 2 aliphatic rings. The first-order valence-electron chi connectivity index (χ1n) is 7.15. The normalized spacial score (nSPS) is 27.7. The Hall–Kier alpha value is -1.62. The number of aryl methyl sites for hydroxylation is 1. The molecule has 6 heteroatoms. The molecule has 1 aliphatic heterocycles. The summed E-state index contributed by atoms with van der Waals surface area (Å²) in [6.45, 7) is 2.29. The SMILES string of the molecule is Cc1cc(C(=O)N2CC3CCCC3C2C(=O)O)cc(Cl)n1. The predicted molar refractivity (Wildman–Crippen MR) is 77.3 cm³/mol. The van der Waals surface area contributed by atoms with Crippen LogP contribution in [0, 0.1) is 18.8 Å². The molecule has 1 saturated carbocycles. The van der Waals surface area contributed by atoms with Crippen LogP contribution in [-0.4, -0.2) is 39.5 Å². The van der Waals surface area contributed by atoms with Crippen molar-refractivity contribution in [2.75, 3.05) is 6.54 Å². The Morgan fingerprint density at radius 3 is 2.81 bits per heavy atom. The molecule has 1 saturated heterocycles. The first-order chi connectivity index (χ1) is 9.97. The Morgan fingerprint density at radius 2 is 2.14 bits per heavy atom. The van der Waals surface area contributed by atoms with Crippen LogP contribution < -0.4 is 0 Å². The molecular weight excluding hydrogens is 292 g/mol. The number of fused-ring (bicyclic) bond motifs is 1. The van der Waals surface area contributed by atoms with E-state index >= 15 is 0 Å². The average molecular weight is 309 g/mol. The number of carbonyl (C=O) groups excluding carboxylic acids is 1. The number of amides is 1. The first-order valence-corrected chi connectivity index (χ1v) is 7.53. The lowest BCUT2D eigenvalue weighted by atomic mass is 9.94. The lowest BCUT2D eigenvalue weighted by Crippen LogP contribution is -2.43. The zero-order chi connectivity index (χ0) is 15.1. The van der Waals surface area contributed by atoms with Crippen molar-refractivity contribution in [3.8, 4) is 0 Å². The molecule has 5 nitrogen and oxygen atoms in total. The van der Waals surface area contributed by atoms with Gasteiger partial charge in [-0.05, 0) is 43.7 Å². The van der Waals surface area contributed by atoms with E-state index in [0.29, 0.717) is 23.7 Å². The van der Waals surface area contributed by atoms with Gasteiger partial charge in [0.25, 0.3) is 5.91 Å². The zero-order valence-corrected chi connectivity index (χ0v) is 12.5. The standard InChI is InChI=1S/C15H17ClN2O3/c1-8-5-10(6-12(16)17-8)14(19)18-7-9-3-2-4-11(9)13(18)15(20)21/h5-6,9,11,13H,2-4,7H2,1H3,(H,20,21). The fourth-order valence-electron chi connectivity index (χ4n) is 3.75. The summed E-state index contributed by atoms with van der Waals surface area (Å²) in [5.74, 6) is -0.767. The molecule has 0 aromatic carbocycles. The highest BCUT2D eigenvalue weighted by atomic mass is 35.5. The van der Waals surface area contributed by atoms with Gasteiger partial charge in [-0.1, -0.05) is 18.0 Å². The second kappa shape index (κ2) is 5.30. The molecule has 1 aromatic heterocycles. The van der Waals surface area contributed by atoms with Crippen LogP contribution in [0.4, 0.5) is 0 Å². The van der Waals surface area contributed by atoms with Crippen molar-refractivity contribution in [1.29, 1.82) is 0 Å². The summed E-state index contributed by atoms with van der Waals surface area (Å²) in [5.41, 5.74) is 1.07. The van der Waals surface area contributed by atoms with Crippen molar-refractivity contribution in [2.45, 2.75) is 32.2 Å². The molecule has 1 aromatic rings. The van der Waals surface area contributed by atoms with Crippen molar-refractivity contribution in [2.24, 2.45) is 11.8 Å². The molecule has 1 aliphatic carbocycles. The van der Waals surface area contributed by atoms with E-state index in [0.717, 1.165) is 19.3 Å². The number of hydrogen-bond donors (Lipinski definition) is 1. The third-order valence-corrected chi connectivity index (χ3v) is 4.77. The summed E-state index contributed by atoms with van der Waals surface area (Å²) < 4.78 is 0. The molecule has 3 rings (SSSR count). The fraction of sp³-hybridized carbons (Fsp3) is 0.533. The van der Waals surface area contributed by atoms with Crippen LogP contribution in [0.5, 0.6) is 0 Å².